The van der Waals surface area contributed by atoms with Gasteiger partial charge >= 0.3 is 6.09 Å². The minimum Gasteiger partial charge on any atom is -0.472 e. The number of anilines is 1. The summed E-state index contributed by atoms with van der Waals surface area (Å²) in [6, 6.07) is 1.55. The SMILES string of the molecule is COC(=O)N[C@H](C(O)N1C[C@@H]2[C@H]3C[C@@H]([C@@H]2[C@H]1C(=O)N1C[C@@]2(C[C@H]1C)Oc1cccnc1NC2=O)[C@H](F)C3)C12COC(C)(C1)C2. The lowest BCUT2D eigenvalue weighted by molar-refractivity contribution is -0.148. The molecule has 7 fully saturated rings. The Balaban J connectivity index is 1.12. The first-order chi connectivity index (χ1) is 21.0. The number of likely N-dealkylation sites (tertiary alicyclic amines) is 2. The molecule has 4 saturated heterocycles. The van der Waals surface area contributed by atoms with Crippen LogP contribution in [-0.2, 0) is 19.1 Å². The van der Waals surface area contributed by atoms with Gasteiger partial charge in [0.05, 0.1) is 37.9 Å². The smallest absolute Gasteiger partial charge is 0.407 e. The van der Waals surface area contributed by atoms with Crippen molar-refractivity contribution in [3.8, 4) is 5.75 Å². The molecule has 0 radical (unpaired) electrons. The minimum absolute atomic E-state index is 0.0259. The van der Waals surface area contributed by atoms with Gasteiger partial charge in [-0.15, -0.1) is 0 Å². The van der Waals surface area contributed by atoms with E-state index in [-0.39, 0.29) is 60.1 Å². The van der Waals surface area contributed by atoms with Gasteiger partial charge in [0.1, 0.15) is 12.4 Å². The highest BCUT2D eigenvalue weighted by Crippen LogP contribution is 2.62. The molecule has 8 aliphatic rings. The number of halogens is 1. The largest absolute Gasteiger partial charge is 0.472 e. The lowest BCUT2D eigenvalue weighted by atomic mass is 9.59. The van der Waals surface area contributed by atoms with Gasteiger partial charge in [0.2, 0.25) is 11.5 Å². The third-order valence-electron chi connectivity index (χ3n) is 12.1. The Kier molecular flexibility index (Phi) is 6.14. The van der Waals surface area contributed by atoms with Crippen molar-refractivity contribution in [2.45, 2.75) is 87.7 Å². The van der Waals surface area contributed by atoms with Crippen LogP contribution < -0.4 is 15.4 Å². The molecule has 1 aromatic rings. The molecule has 12 nitrogen and oxygen atoms in total. The number of carbonyl (C=O) groups is 3. The molecule has 10 atom stereocenters. The zero-order valence-electron chi connectivity index (χ0n) is 25.2. The highest BCUT2D eigenvalue weighted by molar-refractivity contribution is 6.01. The summed E-state index contributed by atoms with van der Waals surface area (Å²) < 4.78 is 32.5. The Hall–Kier alpha value is -3.03. The number of fused-ring (bicyclic) bond motifs is 7. The summed E-state index contributed by atoms with van der Waals surface area (Å²) in [5.74, 6) is -0.171. The fraction of sp³-hybridized carbons (Fsp3) is 0.742. The van der Waals surface area contributed by atoms with Crippen LogP contribution in [0, 0.1) is 29.1 Å². The zero-order valence-corrected chi connectivity index (χ0v) is 25.2. The molecular weight excluding hydrogens is 573 g/mol. The fourth-order valence-electron chi connectivity index (χ4n) is 10.4. The number of amides is 3. The first-order valence-electron chi connectivity index (χ1n) is 15.8. The van der Waals surface area contributed by atoms with E-state index >= 15 is 4.39 Å². The van der Waals surface area contributed by atoms with Crippen molar-refractivity contribution in [3.63, 3.8) is 0 Å². The number of alkyl halides is 1. The maximum absolute atomic E-state index is 15.3. The van der Waals surface area contributed by atoms with E-state index in [1.54, 1.807) is 28.1 Å². The molecule has 0 aromatic carbocycles. The first kappa shape index (κ1) is 28.4. The topological polar surface area (TPSA) is 143 Å². The van der Waals surface area contributed by atoms with Crippen LogP contribution in [0.3, 0.4) is 0 Å². The minimum atomic E-state index is -1.28. The number of rotatable bonds is 5. The normalized spacial score (nSPS) is 44.4. The molecule has 238 valence electrons. The molecule has 3 N–H and O–H groups in total. The van der Waals surface area contributed by atoms with Gasteiger partial charge in [-0.3, -0.25) is 14.5 Å². The number of aliphatic hydroxyl groups is 1. The lowest BCUT2D eigenvalue weighted by Gasteiger charge is -2.50. The van der Waals surface area contributed by atoms with Gasteiger partial charge in [-0.1, -0.05) is 0 Å². The fourth-order valence-corrected chi connectivity index (χ4v) is 10.4. The Morgan fingerprint density at radius 1 is 1.30 bits per heavy atom. The van der Waals surface area contributed by atoms with E-state index in [2.05, 4.69) is 15.6 Å². The molecule has 44 heavy (non-hydrogen) atoms. The number of hydrogen-bond donors (Lipinski definition) is 3. The average molecular weight is 614 g/mol. The molecule has 3 amide bonds. The van der Waals surface area contributed by atoms with E-state index in [1.807, 2.05) is 13.8 Å². The van der Waals surface area contributed by atoms with Crippen molar-refractivity contribution in [2.75, 3.05) is 32.1 Å². The van der Waals surface area contributed by atoms with Crippen molar-refractivity contribution in [2.24, 2.45) is 29.1 Å². The molecule has 1 spiro atoms. The molecule has 3 saturated carbocycles. The van der Waals surface area contributed by atoms with Crippen LogP contribution in [0.25, 0.3) is 0 Å². The van der Waals surface area contributed by atoms with E-state index in [9.17, 15) is 19.5 Å². The standard InChI is InChI=1S/C31H40FN5O7/c1-15-9-31(27(40)35-24-20(44-31)5-4-6-33-24)13-37(15)25(38)22-21-17-7-16(8-19(17)32)18(21)10-36(22)26(39)23(34-28(41)42-3)30-11-29(2,12-30)43-14-30/h4-6,15-19,21-23,26,39H,7-14H2,1-3H3,(H,34,41)(H,33,35,40)/t15-,16+,17-,18-,19-,21+,22+,23-,26?,29?,30?,31-/m1/s1. The van der Waals surface area contributed by atoms with E-state index in [4.69, 9.17) is 14.2 Å². The van der Waals surface area contributed by atoms with Crippen LogP contribution in [0.15, 0.2) is 18.3 Å². The number of pyridine rings is 1. The Morgan fingerprint density at radius 3 is 2.82 bits per heavy atom. The van der Waals surface area contributed by atoms with Gasteiger partial charge in [-0.05, 0) is 75.3 Å². The summed E-state index contributed by atoms with van der Waals surface area (Å²) in [5.41, 5.74) is -2.09. The second-order valence-corrected chi connectivity index (χ2v) is 14.7. The number of carbonyl (C=O) groups excluding carboxylic acids is 3. The molecule has 13 heteroatoms. The molecular formula is C31H40FN5O7. The average Bonchev–Trinajstić information content (AvgIpc) is 3.81. The Morgan fingerprint density at radius 2 is 2.09 bits per heavy atom. The van der Waals surface area contributed by atoms with E-state index in [0.717, 1.165) is 6.42 Å². The summed E-state index contributed by atoms with van der Waals surface area (Å²) in [6.07, 6.45) is 1.50. The Labute approximate surface area is 255 Å². The van der Waals surface area contributed by atoms with Crippen molar-refractivity contribution < 1.29 is 38.1 Å². The second kappa shape index (κ2) is 9.49. The molecule has 6 heterocycles. The van der Waals surface area contributed by atoms with Gasteiger partial charge in [-0.25, -0.2) is 14.2 Å². The molecule has 5 aliphatic heterocycles. The van der Waals surface area contributed by atoms with E-state index in [1.165, 1.54) is 7.11 Å². The number of aromatic nitrogens is 1. The van der Waals surface area contributed by atoms with Crippen LogP contribution in [0.2, 0.25) is 0 Å². The van der Waals surface area contributed by atoms with Crippen LogP contribution >= 0.6 is 0 Å². The summed E-state index contributed by atoms with van der Waals surface area (Å²) in [6.45, 7) is 4.74. The highest BCUT2D eigenvalue weighted by Gasteiger charge is 2.68. The van der Waals surface area contributed by atoms with E-state index in [0.29, 0.717) is 44.0 Å². The van der Waals surface area contributed by atoms with Crippen molar-refractivity contribution in [1.29, 1.82) is 0 Å². The van der Waals surface area contributed by atoms with Gasteiger partial charge in [-0.2, -0.15) is 0 Å². The van der Waals surface area contributed by atoms with Crippen LogP contribution in [0.4, 0.5) is 15.0 Å². The number of ether oxygens (including phenoxy) is 3. The third-order valence-corrected chi connectivity index (χ3v) is 12.1. The molecule has 4 bridgehead atoms. The molecule has 3 aliphatic carbocycles. The summed E-state index contributed by atoms with van der Waals surface area (Å²) in [7, 11) is 1.28. The highest BCUT2D eigenvalue weighted by atomic mass is 19.1. The number of hydrogen-bond acceptors (Lipinski definition) is 9. The number of methoxy groups -OCH3 is 1. The second-order valence-electron chi connectivity index (χ2n) is 14.7. The van der Waals surface area contributed by atoms with Crippen LogP contribution in [-0.4, -0.2) is 106 Å². The monoisotopic (exact) mass is 613 g/mol. The number of nitrogens with zero attached hydrogens (tertiary/aromatic N) is 3. The predicted molar refractivity (Wildman–Crippen MR) is 152 cm³/mol. The summed E-state index contributed by atoms with van der Waals surface area (Å²) >= 11 is 0. The number of alkyl carbamates (subject to hydrolysis) is 1. The van der Waals surface area contributed by atoms with Crippen LogP contribution in [0.5, 0.6) is 5.75 Å². The van der Waals surface area contributed by atoms with Crippen molar-refractivity contribution in [1.82, 2.24) is 20.1 Å². The maximum atomic E-state index is 15.3. The lowest BCUT2D eigenvalue weighted by Crippen LogP contribution is -2.66. The third kappa shape index (κ3) is 3.90. The number of aliphatic hydroxyl groups excluding tert-OH is 1. The van der Waals surface area contributed by atoms with Gasteiger partial charge in [0, 0.05) is 30.6 Å². The molecule has 1 aromatic heterocycles. The van der Waals surface area contributed by atoms with Crippen molar-refractivity contribution >= 4 is 23.7 Å². The Bertz CT molecular complexity index is 1410. The summed E-state index contributed by atoms with van der Waals surface area (Å²) in [4.78, 5) is 48.4. The molecule has 1 unspecified atom stereocenters. The zero-order chi connectivity index (χ0) is 30.8. The molecule has 9 rings (SSSR count). The first-order valence-corrected chi connectivity index (χ1v) is 15.8. The predicted octanol–water partition coefficient (Wildman–Crippen LogP) is 1.68. The maximum Gasteiger partial charge on any atom is 0.407 e. The van der Waals surface area contributed by atoms with Crippen LogP contribution in [0.1, 0.15) is 46.0 Å². The quantitative estimate of drug-likeness (QED) is 0.452. The van der Waals surface area contributed by atoms with Crippen molar-refractivity contribution in [3.05, 3.63) is 18.3 Å². The van der Waals surface area contributed by atoms with Gasteiger partial charge in [0.25, 0.3) is 5.91 Å². The van der Waals surface area contributed by atoms with Gasteiger partial charge in [0.15, 0.2) is 11.6 Å². The summed E-state index contributed by atoms with van der Waals surface area (Å²) in [5, 5.41) is 17.9. The van der Waals surface area contributed by atoms with Gasteiger partial charge < -0.3 is 34.9 Å². The van der Waals surface area contributed by atoms with E-state index < -0.39 is 41.6 Å². The number of nitrogens with one attached hydrogen (secondary N) is 2.